The molecule has 0 radical (unpaired) electrons. The Labute approximate surface area is 198 Å². The molecule has 2 aromatic carbocycles. The van der Waals surface area contributed by atoms with E-state index in [2.05, 4.69) is 31.4 Å². The molecule has 164 valence electrons. The summed E-state index contributed by atoms with van der Waals surface area (Å²) in [7, 11) is 1.63. The van der Waals surface area contributed by atoms with Crippen LogP contribution in [-0.2, 0) is 11.3 Å². The monoisotopic (exact) mass is 512 g/mol. The van der Waals surface area contributed by atoms with E-state index in [1.54, 1.807) is 13.4 Å². The fraction of sp³-hybridized carbons (Fsp3) is 0.174. The molecule has 7 nitrogen and oxygen atoms in total. The number of carbonyl (C=O) groups is 1. The van der Waals surface area contributed by atoms with Gasteiger partial charge in [-0.1, -0.05) is 17.8 Å². The average Bonchev–Trinajstić information content (AvgIpc) is 3.45. The lowest BCUT2D eigenvalue weighted by atomic mass is 10.2. The predicted molar refractivity (Wildman–Crippen MR) is 128 cm³/mol. The number of ether oxygens (including phenoxy) is 1. The Morgan fingerprint density at radius 2 is 2.00 bits per heavy atom. The van der Waals surface area contributed by atoms with Crippen LogP contribution in [-0.4, -0.2) is 33.5 Å². The minimum Gasteiger partial charge on any atom is -0.497 e. The second kappa shape index (κ2) is 10.1. The molecule has 1 amide bonds. The van der Waals surface area contributed by atoms with Gasteiger partial charge in [0.2, 0.25) is 5.91 Å². The van der Waals surface area contributed by atoms with Gasteiger partial charge in [0.15, 0.2) is 11.0 Å². The largest absolute Gasteiger partial charge is 0.497 e. The molecule has 9 heteroatoms. The van der Waals surface area contributed by atoms with Gasteiger partial charge in [-0.2, -0.15) is 0 Å². The first-order chi connectivity index (χ1) is 15.5. The number of hydrogen-bond donors (Lipinski definition) is 1. The maximum atomic E-state index is 12.6. The van der Waals surface area contributed by atoms with Crippen LogP contribution in [0.4, 0.5) is 5.69 Å². The summed E-state index contributed by atoms with van der Waals surface area (Å²) >= 11 is 4.81. The van der Waals surface area contributed by atoms with Gasteiger partial charge in [-0.15, -0.1) is 10.2 Å². The summed E-state index contributed by atoms with van der Waals surface area (Å²) in [5.74, 6) is 2.29. The number of rotatable bonds is 8. The van der Waals surface area contributed by atoms with E-state index in [-0.39, 0.29) is 11.7 Å². The van der Waals surface area contributed by atoms with E-state index in [1.165, 1.54) is 11.8 Å². The van der Waals surface area contributed by atoms with Crippen molar-refractivity contribution in [3.8, 4) is 17.1 Å². The molecule has 0 aliphatic carbocycles. The Morgan fingerprint density at radius 3 is 2.69 bits per heavy atom. The molecular weight excluding hydrogens is 492 g/mol. The number of amides is 1. The number of furan rings is 1. The van der Waals surface area contributed by atoms with Crippen LogP contribution in [0, 0.1) is 6.92 Å². The number of benzene rings is 2. The number of nitrogens with zero attached hydrogens (tertiary/aromatic N) is 3. The van der Waals surface area contributed by atoms with Crippen molar-refractivity contribution in [1.82, 2.24) is 14.8 Å². The average molecular weight is 513 g/mol. The molecule has 2 heterocycles. The van der Waals surface area contributed by atoms with Crippen molar-refractivity contribution < 1.29 is 13.9 Å². The van der Waals surface area contributed by atoms with Crippen molar-refractivity contribution in [3.63, 3.8) is 0 Å². The van der Waals surface area contributed by atoms with Gasteiger partial charge in [0.25, 0.3) is 0 Å². The Hall–Kier alpha value is -3.04. The molecule has 0 atom stereocenters. The predicted octanol–water partition coefficient (Wildman–Crippen LogP) is 5.40. The first kappa shape index (κ1) is 22.2. The molecule has 0 unspecified atom stereocenters. The molecule has 2 aromatic heterocycles. The minimum absolute atomic E-state index is 0.127. The van der Waals surface area contributed by atoms with Gasteiger partial charge >= 0.3 is 0 Å². The van der Waals surface area contributed by atoms with E-state index < -0.39 is 0 Å². The summed E-state index contributed by atoms with van der Waals surface area (Å²) < 4.78 is 13.6. The number of thioether (sulfide) groups is 1. The number of nitrogens with one attached hydrogen (secondary N) is 1. The number of hydrogen-bond acceptors (Lipinski definition) is 6. The first-order valence-electron chi connectivity index (χ1n) is 9.82. The summed E-state index contributed by atoms with van der Waals surface area (Å²) in [5, 5.41) is 12.3. The zero-order valence-electron chi connectivity index (χ0n) is 17.5. The Bertz CT molecular complexity index is 1210. The van der Waals surface area contributed by atoms with Crippen molar-refractivity contribution in [2.75, 3.05) is 18.2 Å². The van der Waals surface area contributed by atoms with Gasteiger partial charge in [0.1, 0.15) is 11.5 Å². The van der Waals surface area contributed by atoms with Crippen LogP contribution in [0.5, 0.6) is 5.75 Å². The third-order valence-electron chi connectivity index (χ3n) is 4.69. The van der Waals surface area contributed by atoms with Crippen LogP contribution in [0.25, 0.3) is 11.4 Å². The van der Waals surface area contributed by atoms with Crippen LogP contribution in [0.3, 0.4) is 0 Å². The van der Waals surface area contributed by atoms with Crippen LogP contribution in [0.2, 0.25) is 0 Å². The van der Waals surface area contributed by atoms with E-state index in [0.717, 1.165) is 32.8 Å². The first-order valence-corrected chi connectivity index (χ1v) is 11.6. The van der Waals surface area contributed by atoms with Crippen molar-refractivity contribution >= 4 is 39.3 Å². The molecular formula is C23H21BrN4O3S. The zero-order valence-corrected chi connectivity index (χ0v) is 19.9. The van der Waals surface area contributed by atoms with E-state index >= 15 is 0 Å². The van der Waals surface area contributed by atoms with E-state index in [0.29, 0.717) is 17.5 Å². The van der Waals surface area contributed by atoms with Crippen LogP contribution >= 0.6 is 27.7 Å². The van der Waals surface area contributed by atoms with Gasteiger partial charge in [-0.05, 0) is 76.9 Å². The third kappa shape index (κ3) is 5.23. The highest BCUT2D eigenvalue weighted by Gasteiger charge is 2.17. The zero-order chi connectivity index (χ0) is 22.5. The van der Waals surface area contributed by atoms with Crippen LogP contribution < -0.4 is 10.1 Å². The lowest BCUT2D eigenvalue weighted by Crippen LogP contribution is -2.15. The number of carbonyl (C=O) groups excluding carboxylic acids is 1. The minimum atomic E-state index is -0.127. The van der Waals surface area contributed by atoms with Gasteiger partial charge in [0.05, 0.1) is 31.4 Å². The molecule has 32 heavy (non-hydrogen) atoms. The molecule has 0 fully saturated rings. The smallest absolute Gasteiger partial charge is 0.234 e. The van der Waals surface area contributed by atoms with Crippen molar-refractivity contribution in [1.29, 1.82) is 0 Å². The van der Waals surface area contributed by atoms with Gasteiger partial charge in [-0.3, -0.25) is 9.36 Å². The fourth-order valence-electron chi connectivity index (χ4n) is 3.09. The molecule has 4 rings (SSSR count). The number of aryl methyl sites for hydroxylation is 1. The maximum absolute atomic E-state index is 12.6. The summed E-state index contributed by atoms with van der Waals surface area (Å²) in [6.07, 6.45) is 1.63. The summed E-state index contributed by atoms with van der Waals surface area (Å²) in [6, 6.07) is 17.1. The standard InChI is InChI=1S/C23H21BrN4O3S/c1-15-5-10-20(19(24)12-15)25-21(29)14-32-23-27-26-22(16-6-8-17(30-2)9-7-16)28(23)13-18-4-3-11-31-18/h3-12H,13-14H2,1-2H3,(H,25,29). The van der Waals surface area contributed by atoms with Crippen LogP contribution in [0.1, 0.15) is 11.3 Å². The second-order valence-corrected chi connectivity index (χ2v) is 8.82. The molecule has 4 aromatic rings. The topological polar surface area (TPSA) is 82.2 Å². The SMILES string of the molecule is COc1ccc(-c2nnc(SCC(=O)Nc3ccc(C)cc3Br)n2Cc2ccco2)cc1. The Morgan fingerprint density at radius 1 is 1.19 bits per heavy atom. The van der Waals surface area contributed by atoms with Crippen molar-refractivity contribution in [2.24, 2.45) is 0 Å². The highest BCUT2D eigenvalue weighted by atomic mass is 79.9. The highest BCUT2D eigenvalue weighted by Crippen LogP contribution is 2.28. The number of methoxy groups -OCH3 is 1. The van der Waals surface area contributed by atoms with E-state index in [4.69, 9.17) is 9.15 Å². The van der Waals surface area contributed by atoms with E-state index in [9.17, 15) is 4.79 Å². The number of halogens is 1. The normalized spacial score (nSPS) is 10.8. The van der Waals surface area contributed by atoms with Gasteiger partial charge < -0.3 is 14.5 Å². The Kier molecular flexibility index (Phi) is 6.96. The van der Waals surface area contributed by atoms with Gasteiger partial charge in [-0.25, -0.2) is 0 Å². The lowest BCUT2D eigenvalue weighted by Gasteiger charge is -2.10. The number of anilines is 1. The van der Waals surface area contributed by atoms with E-state index in [1.807, 2.05) is 66.1 Å². The molecule has 1 N–H and O–H groups in total. The molecule has 0 bridgehead atoms. The quantitative estimate of drug-likeness (QED) is 0.318. The van der Waals surface area contributed by atoms with Gasteiger partial charge in [0, 0.05) is 10.0 Å². The Balaban J connectivity index is 1.53. The molecule has 0 aliphatic heterocycles. The summed E-state index contributed by atoms with van der Waals surface area (Å²) in [4.78, 5) is 12.6. The van der Waals surface area contributed by atoms with Crippen LogP contribution in [0.15, 0.2) is 74.9 Å². The highest BCUT2D eigenvalue weighted by molar-refractivity contribution is 9.10. The second-order valence-electron chi connectivity index (χ2n) is 7.02. The molecule has 0 saturated heterocycles. The number of aromatic nitrogens is 3. The fourth-order valence-corrected chi connectivity index (χ4v) is 4.42. The molecule has 0 saturated carbocycles. The summed E-state index contributed by atoms with van der Waals surface area (Å²) in [5.41, 5.74) is 2.74. The summed E-state index contributed by atoms with van der Waals surface area (Å²) in [6.45, 7) is 2.45. The molecule has 0 spiro atoms. The lowest BCUT2D eigenvalue weighted by molar-refractivity contribution is -0.113. The third-order valence-corrected chi connectivity index (χ3v) is 6.31. The van der Waals surface area contributed by atoms with Crippen molar-refractivity contribution in [3.05, 3.63) is 76.7 Å². The molecule has 0 aliphatic rings. The maximum Gasteiger partial charge on any atom is 0.234 e. The van der Waals surface area contributed by atoms with Crippen molar-refractivity contribution in [2.45, 2.75) is 18.6 Å².